The van der Waals surface area contributed by atoms with Gasteiger partial charge in [-0.25, -0.2) is 0 Å². The molecule has 0 saturated heterocycles. The first-order valence-corrected chi connectivity index (χ1v) is 7.97. The van der Waals surface area contributed by atoms with Crippen molar-refractivity contribution >= 4 is 0 Å². The molecule has 0 heterocycles. The molecule has 6 unspecified atom stereocenters. The molecule has 0 bridgehead atoms. The first kappa shape index (κ1) is 13.4. The summed E-state index contributed by atoms with van der Waals surface area (Å²) < 4.78 is 0. The largest absolute Gasteiger partial charge is 0.0651 e. The van der Waals surface area contributed by atoms with Gasteiger partial charge in [-0.2, -0.15) is 0 Å². The third kappa shape index (κ3) is 2.17. The Bertz CT molecular complexity index is 253. The van der Waals surface area contributed by atoms with Gasteiger partial charge in [-0.05, 0) is 60.2 Å². The summed E-state index contributed by atoms with van der Waals surface area (Å²) in [4.78, 5) is 0. The second-order valence-corrected chi connectivity index (χ2v) is 7.58. The lowest BCUT2D eigenvalue weighted by Crippen LogP contribution is -2.44. The zero-order valence-corrected chi connectivity index (χ0v) is 12.7. The van der Waals surface area contributed by atoms with E-state index in [4.69, 9.17) is 0 Å². The fraction of sp³-hybridized carbons (Fsp3) is 1.00. The maximum Gasteiger partial charge on any atom is -0.0321 e. The Kier molecular flexibility index (Phi) is 3.90. The van der Waals surface area contributed by atoms with Gasteiger partial charge < -0.3 is 0 Å². The van der Waals surface area contributed by atoms with Gasteiger partial charge in [0.2, 0.25) is 0 Å². The van der Waals surface area contributed by atoms with E-state index in [2.05, 4.69) is 41.5 Å². The predicted molar refractivity (Wildman–Crippen MR) is 75.8 cm³/mol. The van der Waals surface area contributed by atoms with E-state index >= 15 is 0 Å². The standard InChI is InChI=1S/C17H32/c1-7-13(10(2)3)16-9-15-12(6)8-14(11(4)5)17(15)16/h10-17H,7-9H2,1-6H3. The summed E-state index contributed by atoms with van der Waals surface area (Å²) in [7, 11) is 0. The highest BCUT2D eigenvalue weighted by Crippen LogP contribution is 2.61. The van der Waals surface area contributed by atoms with Crippen molar-refractivity contribution in [1.82, 2.24) is 0 Å². The van der Waals surface area contributed by atoms with Gasteiger partial charge in [0.1, 0.15) is 0 Å². The van der Waals surface area contributed by atoms with Crippen molar-refractivity contribution in [3.05, 3.63) is 0 Å². The van der Waals surface area contributed by atoms with Crippen LogP contribution in [0, 0.1) is 47.3 Å². The number of hydrogen-bond acceptors (Lipinski definition) is 0. The molecule has 17 heavy (non-hydrogen) atoms. The normalized spacial score (nSPS) is 42.7. The molecule has 0 radical (unpaired) electrons. The van der Waals surface area contributed by atoms with Crippen molar-refractivity contribution in [2.75, 3.05) is 0 Å². The lowest BCUT2D eigenvalue weighted by atomic mass is 9.55. The lowest BCUT2D eigenvalue weighted by molar-refractivity contribution is -0.0196. The van der Waals surface area contributed by atoms with Gasteiger partial charge in [-0.15, -0.1) is 0 Å². The number of fused-ring (bicyclic) bond motifs is 1. The molecule has 6 atom stereocenters. The van der Waals surface area contributed by atoms with Crippen LogP contribution in [0.3, 0.4) is 0 Å². The van der Waals surface area contributed by atoms with Crippen molar-refractivity contribution in [3.8, 4) is 0 Å². The van der Waals surface area contributed by atoms with E-state index < -0.39 is 0 Å². The molecule has 0 aromatic heterocycles. The van der Waals surface area contributed by atoms with Crippen LogP contribution in [-0.2, 0) is 0 Å². The molecule has 0 spiro atoms. The molecule has 0 aliphatic heterocycles. The molecular formula is C17H32. The maximum atomic E-state index is 2.51. The average Bonchev–Trinajstić information content (AvgIpc) is 2.45. The minimum absolute atomic E-state index is 0.884. The molecule has 2 fully saturated rings. The van der Waals surface area contributed by atoms with E-state index in [-0.39, 0.29) is 0 Å². The van der Waals surface area contributed by atoms with E-state index in [9.17, 15) is 0 Å². The topological polar surface area (TPSA) is 0 Å². The summed E-state index contributed by atoms with van der Waals surface area (Å²) in [5, 5.41) is 0. The second kappa shape index (κ2) is 4.94. The van der Waals surface area contributed by atoms with Gasteiger partial charge in [0, 0.05) is 0 Å². The second-order valence-electron chi connectivity index (χ2n) is 7.58. The molecule has 0 N–H and O–H groups in total. The minimum Gasteiger partial charge on any atom is -0.0651 e. The van der Waals surface area contributed by atoms with Gasteiger partial charge >= 0.3 is 0 Å². The summed E-state index contributed by atoms with van der Waals surface area (Å²) in [5.74, 6) is 8.03. The third-order valence-corrected chi connectivity index (χ3v) is 6.14. The molecule has 0 amide bonds. The Morgan fingerprint density at radius 3 is 2.12 bits per heavy atom. The Labute approximate surface area is 109 Å². The van der Waals surface area contributed by atoms with E-state index in [1.807, 2.05) is 0 Å². The highest BCUT2D eigenvalue weighted by molar-refractivity contribution is 5.03. The molecule has 2 saturated carbocycles. The summed E-state index contributed by atoms with van der Waals surface area (Å²) in [6, 6.07) is 0. The van der Waals surface area contributed by atoms with Crippen LogP contribution < -0.4 is 0 Å². The van der Waals surface area contributed by atoms with Crippen molar-refractivity contribution in [2.45, 2.75) is 60.8 Å². The zero-order valence-electron chi connectivity index (χ0n) is 12.7. The zero-order chi connectivity index (χ0) is 12.7. The number of hydrogen-bond donors (Lipinski definition) is 0. The molecule has 100 valence electrons. The van der Waals surface area contributed by atoms with Crippen LogP contribution in [0.5, 0.6) is 0 Å². The Morgan fingerprint density at radius 2 is 1.65 bits per heavy atom. The fourth-order valence-corrected chi connectivity index (χ4v) is 5.20. The van der Waals surface area contributed by atoms with Crippen LogP contribution in [0.2, 0.25) is 0 Å². The van der Waals surface area contributed by atoms with Crippen LogP contribution in [0.25, 0.3) is 0 Å². The highest BCUT2D eigenvalue weighted by atomic mass is 14.6. The lowest BCUT2D eigenvalue weighted by Gasteiger charge is -2.50. The van der Waals surface area contributed by atoms with Crippen LogP contribution in [-0.4, -0.2) is 0 Å². The Balaban J connectivity index is 2.09. The molecule has 2 aliphatic rings. The third-order valence-electron chi connectivity index (χ3n) is 6.14. The molecule has 2 rings (SSSR count). The quantitative estimate of drug-likeness (QED) is 0.627. The highest BCUT2D eigenvalue weighted by Gasteiger charge is 2.55. The maximum absolute atomic E-state index is 2.51. The first-order valence-electron chi connectivity index (χ1n) is 7.97. The summed E-state index contributed by atoms with van der Waals surface area (Å²) in [5.41, 5.74) is 0. The van der Waals surface area contributed by atoms with Crippen LogP contribution in [0.4, 0.5) is 0 Å². The average molecular weight is 236 g/mol. The summed E-state index contributed by atoms with van der Waals surface area (Å²) in [6.07, 6.45) is 4.45. The summed E-state index contributed by atoms with van der Waals surface area (Å²) in [6.45, 7) is 14.7. The molecule has 0 aromatic rings. The van der Waals surface area contributed by atoms with Gasteiger partial charge in [0.05, 0.1) is 0 Å². The molecule has 2 aliphatic carbocycles. The van der Waals surface area contributed by atoms with Crippen molar-refractivity contribution in [1.29, 1.82) is 0 Å². The monoisotopic (exact) mass is 236 g/mol. The molecule has 0 aromatic carbocycles. The predicted octanol–water partition coefficient (Wildman–Crippen LogP) is 5.23. The summed E-state index contributed by atoms with van der Waals surface area (Å²) >= 11 is 0. The van der Waals surface area contributed by atoms with Gasteiger partial charge in [-0.3, -0.25) is 0 Å². The molecule has 0 nitrogen and oxygen atoms in total. The Morgan fingerprint density at radius 1 is 1.00 bits per heavy atom. The van der Waals surface area contributed by atoms with E-state index in [1.54, 1.807) is 6.42 Å². The van der Waals surface area contributed by atoms with Crippen LogP contribution in [0.15, 0.2) is 0 Å². The van der Waals surface area contributed by atoms with Gasteiger partial charge in [0.15, 0.2) is 0 Å². The van der Waals surface area contributed by atoms with Crippen LogP contribution in [0.1, 0.15) is 60.8 Å². The van der Waals surface area contributed by atoms with Crippen LogP contribution >= 0.6 is 0 Å². The van der Waals surface area contributed by atoms with E-state index in [0.717, 1.165) is 47.3 Å². The van der Waals surface area contributed by atoms with Gasteiger partial charge in [0.25, 0.3) is 0 Å². The SMILES string of the molecule is CCC(C(C)C)C1CC2C(C)CC(C(C)C)C21. The fourth-order valence-electron chi connectivity index (χ4n) is 5.20. The molecular weight excluding hydrogens is 204 g/mol. The first-order chi connectivity index (χ1) is 7.97. The van der Waals surface area contributed by atoms with Crippen molar-refractivity contribution < 1.29 is 0 Å². The Hall–Kier alpha value is 0. The van der Waals surface area contributed by atoms with Crippen molar-refractivity contribution in [3.63, 3.8) is 0 Å². The van der Waals surface area contributed by atoms with Gasteiger partial charge in [-0.1, -0.05) is 48.0 Å². The van der Waals surface area contributed by atoms with E-state index in [0.29, 0.717) is 0 Å². The number of rotatable bonds is 4. The molecule has 0 heteroatoms. The minimum atomic E-state index is 0.884. The smallest absolute Gasteiger partial charge is 0.0321 e. The van der Waals surface area contributed by atoms with Crippen molar-refractivity contribution in [2.24, 2.45) is 47.3 Å². The van der Waals surface area contributed by atoms with E-state index in [1.165, 1.54) is 12.8 Å².